The van der Waals surface area contributed by atoms with E-state index in [1.165, 1.54) is 37.8 Å². The summed E-state index contributed by atoms with van der Waals surface area (Å²) in [7, 11) is 0. The van der Waals surface area contributed by atoms with Crippen molar-refractivity contribution in [2.75, 3.05) is 0 Å². The summed E-state index contributed by atoms with van der Waals surface area (Å²) in [5.74, 6) is 0.908. The molecule has 2 unspecified atom stereocenters. The van der Waals surface area contributed by atoms with E-state index < -0.39 is 0 Å². The maximum atomic E-state index is 4.73. The lowest BCUT2D eigenvalue weighted by Gasteiger charge is -2.28. The molecule has 3 heteroatoms. The van der Waals surface area contributed by atoms with Crippen molar-refractivity contribution in [3.05, 3.63) is 18.0 Å². The van der Waals surface area contributed by atoms with Crippen molar-refractivity contribution >= 4 is 0 Å². The minimum atomic E-state index is 0.523. The average molecular weight is 249 g/mol. The van der Waals surface area contributed by atoms with Crippen LogP contribution in [0.25, 0.3) is 0 Å². The Labute approximate surface area is 111 Å². The zero-order chi connectivity index (χ0) is 13.0. The first-order valence-electron chi connectivity index (χ1n) is 7.46. The Balaban J connectivity index is 1.92. The molecule has 1 aliphatic rings. The van der Waals surface area contributed by atoms with Crippen LogP contribution < -0.4 is 5.32 Å². The van der Waals surface area contributed by atoms with Gasteiger partial charge in [0.2, 0.25) is 0 Å². The fraction of sp³-hybridized carbons (Fsp3) is 0.800. The van der Waals surface area contributed by atoms with Gasteiger partial charge < -0.3 is 5.32 Å². The number of hydrogen-bond acceptors (Lipinski definition) is 2. The van der Waals surface area contributed by atoms with Crippen LogP contribution in [0.3, 0.4) is 0 Å². The zero-order valence-electron chi connectivity index (χ0n) is 12.0. The van der Waals surface area contributed by atoms with E-state index in [1.807, 2.05) is 0 Å². The van der Waals surface area contributed by atoms with Crippen LogP contribution in [0.4, 0.5) is 0 Å². The van der Waals surface area contributed by atoms with Gasteiger partial charge in [-0.25, -0.2) is 0 Å². The van der Waals surface area contributed by atoms with Crippen molar-refractivity contribution in [1.82, 2.24) is 15.1 Å². The number of hydrogen-bond donors (Lipinski definition) is 1. The summed E-state index contributed by atoms with van der Waals surface area (Å²) in [4.78, 5) is 0. The second-order valence-electron chi connectivity index (χ2n) is 5.92. The number of nitrogens with zero attached hydrogens (tertiary/aromatic N) is 2. The van der Waals surface area contributed by atoms with Crippen molar-refractivity contribution in [2.24, 2.45) is 5.92 Å². The summed E-state index contributed by atoms with van der Waals surface area (Å²) >= 11 is 0. The number of aromatic nitrogens is 2. The Hall–Kier alpha value is -0.830. The third kappa shape index (κ3) is 3.58. The van der Waals surface area contributed by atoms with Gasteiger partial charge in [0.1, 0.15) is 0 Å². The lowest BCUT2D eigenvalue weighted by molar-refractivity contribution is 0.247. The molecule has 1 fully saturated rings. The van der Waals surface area contributed by atoms with Gasteiger partial charge in [-0.05, 0) is 24.8 Å². The van der Waals surface area contributed by atoms with E-state index in [2.05, 4.69) is 43.0 Å². The quantitative estimate of drug-likeness (QED) is 0.865. The molecule has 1 aliphatic carbocycles. The summed E-state index contributed by atoms with van der Waals surface area (Å²) in [6, 6.07) is 3.32. The van der Waals surface area contributed by atoms with Crippen LogP contribution in [-0.4, -0.2) is 15.8 Å². The molecule has 0 saturated heterocycles. The Morgan fingerprint density at radius 1 is 1.44 bits per heavy atom. The molecule has 102 valence electrons. The number of nitrogens with one attached hydrogen (secondary N) is 1. The van der Waals surface area contributed by atoms with Crippen LogP contribution in [0.15, 0.2) is 12.3 Å². The first-order chi connectivity index (χ1) is 8.69. The van der Waals surface area contributed by atoms with Crippen LogP contribution in [0.5, 0.6) is 0 Å². The molecule has 1 heterocycles. The van der Waals surface area contributed by atoms with Crippen molar-refractivity contribution in [3.8, 4) is 0 Å². The molecule has 0 bridgehead atoms. The summed E-state index contributed by atoms with van der Waals surface area (Å²) < 4.78 is 2.21. The van der Waals surface area contributed by atoms with Gasteiger partial charge in [-0.15, -0.1) is 0 Å². The smallest absolute Gasteiger partial charge is 0.0762 e. The van der Waals surface area contributed by atoms with Gasteiger partial charge in [-0.2, -0.15) is 5.10 Å². The summed E-state index contributed by atoms with van der Waals surface area (Å²) in [6.45, 7) is 7.54. The molecule has 2 atom stereocenters. The van der Waals surface area contributed by atoms with E-state index in [-0.39, 0.29) is 0 Å². The minimum Gasteiger partial charge on any atom is -0.309 e. The third-order valence-electron chi connectivity index (χ3n) is 4.06. The maximum absolute atomic E-state index is 4.73. The highest BCUT2D eigenvalue weighted by Gasteiger charge is 2.22. The van der Waals surface area contributed by atoms with Crippen LogP contribution >= 0.6 is 0 Å². The third-order valence-corrected chi connectivity index (χ3v) is 4.06. The van der Waals surface area contributed by atoms with Crippen molar-refractivity contribution in [1.29, 1.82) is 0 Å². The highest BCUT2D eigenvalue weighted by Crippen LogP contribution is 2.33. The maximum Gasteiger partial charge on any atom is 0.0762 e. The molecule has 3 nitrogen and oxygen atoms in total. The van der Waals surface area contributed by atoms with E-state index in [1.54, 1.807) is 0 Å². The lowest BCUT2D eigenvalue weighted by Crippen LogP contribution is -2.23. The van der Waals surface area contributed by atoms with Gasteiger partial charge in [0.05, 0.1) is 11.7 Å². The summed E-state index contributed by atoms with van der Waals surface area (Å²) in [6.07, 6.45) is 8.88. The van der Waals surface area contributed by atoms with Gasteiger partial charge in [0.15, 0.2) is 0 Å². The molecule has 0 aliphatic heterocycles. The van der Waals surface area contributed by atoms with E-state index in [0.29, 0.717) is 12.1 Å². The molecule has 1 N–H and O–H groups in total. The molecule has 0 spiro atoms. The van der Waals surface area contributed by atoms with Crippen molar-refractivity contribution in [3.63, 3.8) is 0 Å². The molecular formula is C15H27N3. The zero-order valence-corrected chi connectivity index (χ0v) is 12.0. The van der Waals surface area contributed by atoms with E-state index >= 15 is 0 Å². The van der Waals surface area contributed by atoms with Crippen LogP contribution in [0.2, 0.25) is 0 Å². The van der Waals surface area contributed by atoms with Crippen LogP contribution in [-0.2, 0) is 6.54 Å². The fourth-order valence-electron chi connectivity index (χ4n) is 2.86. The number of rotatable bonds is 5. The van der Waals surface area contributed by atoms with Crippen molar-refractivity contribution < 1.29 is 0 Å². The Morgan fingerprint density at radius 2 is 2.28 bits per heavy atom. The first kappa shape index (κ1) is 13.6. The van der Waals surface area contributed by atoms with Gasteiger partial charge >= 0.3 is 0 Å². The van der Waals surface area contributed by atoms with Gasteiger partial charge in [-0.3, -0.25) is 4.68 Å². The molecular weight excluding hydrogens is 222 g/mol. The van der Waals surface area contributed by atoms with E-state index in [0.717, 1.165) is 12.5 Å². The SMILES string of the molecule is CCC1CCCC(n2ccc(CNC(C)C)n2)C1. The van der Waals surface area contributed by atoms with E-state index in [9.17, 15) is 0 Å². The predicted octanol–water partition coefficient (Wildman–Crippen LogP) is 3.52. The highest BCUT2D eigenvalue weighted by molar-refractivity contribution is 5.00. The second kappa shape index (κ2) is 6.37. The lowest BCUT2D eigenvalue weighted by atomic mass is 9.84. The fourth-order valence-corrected chi connectivity index (χ4v) is 2.86. The van der Waals surface area contributed by atoms with Gasteiger partial charge in [-0.1, -0.05) is 40.0 Å². The summed E-state index contributed by atoms with van der Waals surface area (Å²) in [5.41, 5.74) is 1.17. The predicted molar refractivity (Wildman–Crippen MR) is 75.5 cm³/mol. The monoisotopic (exact) mass is 249 g/mol. The molecule has 1 aromatic heterocycles. The largest absolute Gasteiger partial charge is 0.309 e. The Bertz CT molecular complexity index is 356. The minimum absolute atomic E-state index is 0.523. The molecule has 1 aromatic rings. The standard InChI is InChI=1S/C15H27N3/c1-4-13-6-5-7-15(10-13)18-9-8-14(17-18)11-16-12(2)3/h8-9,12-13,15-16H,4-7,10-11H2,1-3H3. The molecule has 0 aromatic carbocycles. The molecule has 2 rings (SSSR count). The topological polar surface area (TPSA) is 29.9 Å². The molecule has 0 radical (unpaired) electrons. The Morgan fingerprint density at radius 3 is 3.00 bits per heavy atom. The van der Waals surface area contributed by atoms with Gasteiger partial charge in [0.25, 0.3) is 0 Å². The second-order valence-corrected chi connectivity index (χ2v) is 5.92. The van der Waals surface area contributed by atoms with Crippen LogP contribution in [0, 0.1) is 5.92 Å². The van der Waals surface area contributed by atoms with Crippen LogP contribution in [0.1, 0.15) is 64.6 Å². The summed E-state index contributed by atoms with van der Waals surface area (Å²) in [5, 5.41) is 8.15. The molecule has 18 heavy (non-hydrogen) atoms. The van der Waals surface area contributed by atoms with Crippen molar-refractivity contribution in [2.45, 2.75) is 71.5 Å². The normalized spacial score (nSPS) is 24.7. The Kier molecular flexibility index (Phi) is 4.81. The van der Waals surface area contributed by atoms with Gasteiger partial charge in [0, 0.05) is 18.8 Å². The van der Waals surface area contributed by atoms with E-state index in [4.69, 9.17) is 5.10 Å². The highest BCUT2D eigenvalue weighted by atomic mass is 15.3. The average Bonchev–Trinajstić information content (AvgIpc) is 2.85. The molecule has 0 amide bonds. The molecule has 1 saturated carbocycles. The first-order valence-corrected chi connectivity index (χ1v) is 7.46.